The lowest BCUT2D eigenvalue weighted by Gasteiger charge is -2.32. The second-order valence-corrected chi connectivity index (χ2v) is 10.5. The zero-order valence-electron chi connectivity index (χ0n) is 10.6. The van der Waals surface area contributed by atoms with Gasteiger partial charge in [-0.25, -0.2) is 16.8 Å². The quantitative estimate of drug-likeness (QED) is 0.750. The summed E-state index contributed by atoms with van der Waals surface area (Å²) in [6.07, 6.45) is 3.76. The third kappa shape index (κ3) is 3.35. The number of halogens is 1. The molecule has 0 radical (unpaired) electrons. The van der Waals surface area contributed by atoms with Crippen molar-refractivity contribution in [2.75, 3.05) is 24.3 Å². The van der Waals surface area contributed by atoms with Crippen molar-refractivity contribution in [1.29, 1.82) is 0 Å². The van der Waals surface area contributed by atoms with Gasteiger partial charge < -0.3 is 0 Å². The van der Waals surface area contributed by atoms with Crippen LogP contribution < -0.4 is 0 Å². The van der Waals surface area contributed by atoms with Crippen LogP contribution in [0.25, 0.3) is 0 Å². The molecule has 0 aromatic carbocycles. The SMILES string of the molecule is CS(=O)(=O)C1CSCCN1S(=O)(=O)c1cncc(Br)c1. The van der Waals surface area contributed by atoms with Crippen LogP contribution in [0.15, 0.2) is 27.8 Å². The summed E-state index contributed by atoms with van der Waals surface area (Å²) in [5, 5.41) is -1.02. The van der Waals surface area contributed by atoms with Crippen molar-refractivity contribution in [3.63, 3.8) is 0 Å². The number of rotatable bonds is 3. The molecule has 20 heavy (non-hydrogen) atoms. The molecule has 0 N–H and O–H groups in total. The van der Waals surface area contributed by atoms with Crippen LogP contribution in [0, 0.1) is 0 Å². The van der Waals surface area contributed by atoms with E-state index >= 15 is 0 Å². The number of aromatic nitrogens is 1. The van der Waals surface area contributed by atoms with E-state index in [9.17, 15) is 16.8 Å². The normalized spacial score (nSPS) is 21.8. The minimum absolute atomic E-state index is 0.00701. The molecule has 10 heteroatoms. The zero-order chi connectivity index (χ0) is 15.0. The Bertz CT molecular complexity index is 705. The number of nitrogens with zero attached hydrogens (tertiary/aromatic N) is 2. The van der Waals surface area contributed by atoms with Gasteiger partial charge in [-0.2, -0.15) is 16.1 Å². The van der Waals surface area contributed by atoms with Gasteiger partial charge in [-0.1, -0.05) is 0 Å². The summed E-state index contributed by atoms with van der Waals surface area (Å²) in [7, 11) is -7.35. The van der Waals surface area contributed by atoms with E-state index in [4.69, 9.17) is 0 Å². The molecule has 1 aliphatic rings. The Balaban J connectivity index is 2.46. The van der Waals surface area contributed by atoms with E-state index in [2.05, 4.69) is 20.9 Å². The first-order chi connectivity index (χ1) is 9.23. The maximum atomic E-state index is 12.6. The van der Waals surface area contributed by atoms with E-state index in [1.807, 2.05) is 0 Å². The molecule has 1 aromatic rings. The second kappa shape index (κ2) is 5.91. The third-order valence-corrected chi connectivity index (χ3v) is 7.90. The fraction of sp³-hybridized carbons (Fsp3) is 0.500. The number of hydrogen-bond donors (Lipinski definition) is 0. The standard InChI is InChI=1S/C10H13BrN2O4S3/c1-19(14,15)10-7-18-3-2-13(10)20(16,17)9-4-8(11)5-12-6-9/h4-6,10H,2-3,7H2,1H3. The summed E-state index contributed by atoms with van der Waals surface area (Å²) < 4.78 is 50.4. The van der Waals surface area contributed by atoms with Crippen LogP contribution in [-0.2, 0) is 19.9 Å². The number of sulfone groups is 1. The summed E-state index contributed by atoms with van der Waals surface area (Å²) in [5.41, 5.74) is 0. The summed E-state index contributed by atoms with van der Waals surface area (Å²) in [6, 6.07) is 1.42. The van der Waals surface area contributed by atoms with E-state index < -0.39 is 25.2 Å². The Hall–Kier alpha value is -0.160. The zero-order valence-corrected chi connectivity index (χ0v) is 14.6. The van der Waals surface area contributed by atoms with Crippen molar-refractivity contribution in [2.45, 2.75) is 10.3 Å². The monoisotopic (exact) mass is 400 g/mol. The summed E-state index contributed by atoms with van der Waals surface area (Å²) >= 11 is 4.60. The number of hydrogen-bond acceptors (Lipinski definition) is 6. The fourth-order valence-electron chi connectivity index (χ4n) is 1.85. The molecule has 1 saturated heterocycles. The molecule has 0 saturated carbocycles. The molecular formula is C10H13BrN2O4S3. The van der Waals surface area contributed by atoms with Gasteiger partial charge in [-0.15, -0.1) is 0 Å². The van der Waals surface area contributed by atoms with Gasteiger partial charge in [0.2, 0.25) is 10.0 Å². The summed E-state index contributed by atoms with van der Waals surface area (Å²) in [6.45, 7) is 0.178. The predicted octanol–water partition coefficient (Wildman–Crippen LogP) is 0.952. The van der Waals surface area contributed by atoms with Gasteiger partial charge in [-0.3, -0.25) is 4.98 Å². The van der Waals surface area contributed by atoms with Gasteiger partial charge in [-0.05, 0) is 22.0 Å². The molecule has 0 bridgehead atoms. The highest BCUT2D eigenvalue weighted by Crippen LogP contribution is 2.27. The van der Waals surface area contributed by atoms with Crippen LogP contribution in [0.4, 0.5) is 0 Å². The number of pyridine rings is 1. The highest BCUT2D eigenvalue weighted by Gasteiger charge is 2.39. The molecule has 1 aromatic heterocycles. The van der Waals surface area contributed by atoms with Crippen LogP contribution in [0.2, 0.25) is 0 Å². The Labute approximate surface area is 131 Å². The van der Waals surface area contributed by atoms with Crippen molar-refractivity contribution in [2.24, 2.45) is 0 Å². The Morgan fingerprint density at radius 2 is 2.05 bits per heavy atom. The smallest absolute Gasteiger partial charge is 0.245 e. The molecule has 1 atom stereocenters. The molecular weight excluding hydrogens is 388 g/mol. The van der Waals surface area contributed by atoms with Crippen molar-refractivity contribution in [3.8, 4) is 0 Å². The Morgan fingerprint density at radius 1 is 1.35 bits per heavy atom. The van der Waals surface area contributed by atoms with E-state index in [1.165, 1.54) is 30.2 Å². The Morgan fingerprint density at radius 3 is 2.65 bits per heavy atom. The first-order valence-electron chi connectivity index (χ1n) is 5.62. The number of thioether (sulfide) groups is 1. The van der Waals surface area contributed by atoms with Gasteiger partial charge in [0.1, 0.15) is 10.3 Å². The molecule has 2 rings (SSSR count). The average molecular weight is 401 g/mol. The minimum atomic E-state index is -3.87. The van der Waals surface area contributed by atoms with E-state index in [0.29, 0.717) is 10.2 Å². The van der Waals surface area contributed by atoms with E-state index in [-0.39, 0.29) is 17.2 Å². The predicted molar refractivity (Wildman–Crippen MR) is 81.8 cm³/mol. The second-order valence-electron chi connectivity index (χ2n) is 4.31. The van der Waals surface area contributed by atoms with Crippen molar-refractivity contribution in [3.05, 3.63) is 22.9 Å². The topological polar surface area (TPSA) is 84.4 Å². The average Bonchev–Trinajstić information content (AvgIpc) is 2.38. The van der Waals surface area contributed by atoms with Gasteiger partial charge in [0, 0.05) is 41.2 Å². The fourth-order valence-corrected chi connectivity index (χ4v) is 7.52. The molecule has 0 aliphatic carbocycles. The van der Waals surface area contributed by atoms with Crippen LogP contribution in [0.3, 0.4) is 0 Å². The van der Waals surface area contributed by atoms with E-state index in [0.717, 1.165) is 10.6 Å². The van der Waals surface area contributed by atoms with Gasteiger partial charge >= 0.3 is 0 Å². The molecule has 0 spiro atoms. The van der Waals surface area contributed by atoms with Crippen molar-refractivity contribution >= 4 is 47.6 Å². The van der Waals surface area contributed by atoms with E-state index in [1.54, 1.807) is 0 Å². The van der Waals surface area contributed by atoms with Crippen LogP contribution >= 0.6 is 27.7 Å². The molecule has 112 valence electrons. The van der Waals surface area contributed by atoms with Gasteiger partial charge in [0.25, 0.3) is 0 Å². The largest absolute Gasteiger partial charge is 0.262 e. The van der Waals surface area contributed by atoms with Crippen LogP contribution in [0.5, 0.6) is 0 Å². The molecule has 1 unspecified atom stereocenters. The summed E-state index contributed by atoms with van der Waals surface area (Å²) in [5.74, 6) is 0.826. The van der Waals surface area contributed by atoms with Gasteiger partial charge in [0.15, 0.2) is 9.84 Å². The molecule has 1 fully saturated rings. The molecule has 2 heterocycles. The molecule has 6 nitrogen and oxygen atoms in total. The molecule has 0 amide bonds. The lowest BCUT2D eigenvalue weighted by Crippen LogP contribution is -2.49. The third-order valence-electron chi connectivity index (χ3n) is 2.82. The maximum Gasteiger partial charge on any atom is 0.245 e. The minimum Gasteiger partial charge on any atom is -0.262 e. The number of sulfonamides is 1. The van der Waals surface area contributed by atoms with Crippen molar-refractivity contribution < 1.29 is 16.8 Å². The first kappa shape index (κ1) is 16.2. The lowest BCUT2D eigenvalue weighted by molar-refractivity contribution is 0.404. The Kier molecular flexibility index (Phi) is 4.80. The maximum absolute atomic E-state index is 12.6. The van der Waals surface area contributed by atoms with Crippen molar-refractivity contribution in [1.82, 2.24) is 9.29 Å². The van der Waals surface area contributed by atoms with Crippen LogP contribution in [0.1, 0.15) is 0 Å². The van der Waals surface area contributed by atoms with Gasteiger partial charge in [0.05, 0.1) is 0 Å². The highest BCUT2D eigenvalue weighted by atomic mass is 79.9. The summed E-state index contributed by atoms with van der Waals surface area (Å²) in [4.78, 5) is 3.82. The lowest BCUT2D eigenvalue weighted by atomic mass is 10.5. The molecule has 1 aliphatic heterocycles. The van der Waals surface area contributed by atoms with Crippen LogP contribution in [-0.4, -0.2) is 55.8 Å². The highest BCUT2D eigenvalue weighted by molar-refractivity contribution is 9.10. The first-order valence-corrected chi connectivity index (χ1v) is 11.0.